The molecule has 0 aliphatic carbocycles. The fourth-order valence-corrected chi connectivity index (χ4v) is 3.31. The van der Waals surface area contributed by atoms with Crippen molar-refractivity contribution in [3.8, 4) is 17.4 Å². The van der Waals surface area contributed by atoms with Crippen molar-refractivity contribution in [3.63, 3.8) is 0 Å². The molecule has 0 saturated heterocycles. The van der Waals surface area contributed by atoms with Crippen molar-refractivity contribution in [1.82, 2.24) is 19.7 Å². The number of nitrogens with zero attached hydrogens (tertiary/aromatic N) is 4. The number of nitrogens with one attached hydrogen (secondary N) is 2. The number of anilines is 2. The number of halogens is 1. The van der Waals surface area contributed by atoms with Crippen LogP contribution in [0.15, 0.2) is 54.6 Å². The second kappa shape index (κ2) is 9.30. The number of aryl methyl sites for hydroxylation is 2. The summed E-state index contributed by atoms with van der Waals surface area (Å²) in [7, 11) is 0. The maximum atomic E-state index is 12.2. The fourth-order valence-electron chi connectivity index (χ4n) is 3.18. The molecule has 2 aromatic heterocycles. The van der Waals surface area contributed by atoms with Crippen LogP contribution in [0.1, 0.15) is 22.8 Å². The lowest BCUT2D eigenvalue weighted by Crippen LogP contribution is -2.19. The Bertz CT molecular complexity index is 1300. The molecule has 168 valence electrons. The molecule has 0 saturated carbocycles. The van der Waals surface area contributed by atoms with Gasteiger partial charge in [0.05, 0.1) is 5.69 Å². The van der Waals surface area contributed by atoms with Gasteiger partial charge in [0.2, 0.25) is 5.88 Å². The van der Waals surface area contributed by atoms with Crippen LogP contribution in [0.2, 0.25) is 5.02 Å². The van der Waals surface area contributed by atoms with Crippen molar-refractivity contribution in [2.45, 2.75) is 27.7 Å². The van der Waals surface area contributed by atoms with Crippen molar-refractivity contribution in [3.05, 3.63) is 82.4 Å². The van der Waals surface area contributed by atoms with Gasteiger partial charge in [-0.15, -0.1) is 0 Å². The maximum absolute atomic E-state index is 12.2. The molecule has 9 heteroatoms. The van der Waals surface area contributed by atoms with E-state index in [1.165, 1.54) is 0 Å². The highest BCUT2D eigenvalue weighted by Gasteiger charge is 2.13. The van der Waals surface area contributed by atoms with Crippen LogP contribution in [-0.2, 0) is 0 Å². The zero-order chi connectivity index (χ0) is 23.5. The number of amides is 2. The SMILES string of the molecule is Cc1nc(Oc2ccc(NC(=O)Nc3ccc(Cl)cc3)cc2)cc(-n2nc(C)c(C)c2C)n1. The Balaban J connectivity index is 1.44. The third-order valence-electron chi connectivity index (χ3n) is 5.11. The van der Waals surface area contributed by atoms with E-state index in [0.29, 0.717) is 39.7 Å². The van der Waals surface area contributed by atoms with Gasteiger partial charge in [0.1, 0.15) is 11.6 Å². The minimum atomic E-state index is -0.359. The molecular weight excluding hydrogens is 440 g/mol. The normalized spacial score (nSPS) is 10.7. The van der Waals surface area contributed by atoms with Crippen molar-refractivity contribution in [2.75, 3.05) is 10.6 Å². The summed E-state index contributed by atoms with van der Waals surface area (Å²) in [6, 6.07) is 15.3. The van der Waals surface area contributed by atoms with E-state index < -0.39 is 0 Å². The highest BCUT2D eigenvalue weighted by atomic mass is 35.5. The Labute approximate surface area is 196 Å². The number of ether oxygens (including phenoxy) is 1. The van der Waals surface area contributed by atoms with Crippen LogP contribution >= 0.6 is 11.6 Å². The van der Waals surface area contributed by atoms with Gasteiger partial charge in [-0.2, -0.15) is 10.1 Å². The number of urea groups is 1. The molecule has 2 amide bonds. The average molecular weight is 463 g/mol. The summed E-state index contributed by atoms with van der Waals surface area (Å²) in [5.41, 5.74) is 4.35. The molecule has 8 nitrogen and oxygen atoms in total. The van der Waals surface area contributed by atoms with Crippen LogP contribution in [0, 0.1) is 27.7 Å². The largest absolute Gasteiger partial charge is 0.439 e. The standard InChI is InChI=1S/C24H23ClN6O2/c1-14-15(2)30-31(16(14)3)22-13-23(27-17(4)26-22)33-21-11-9-20(10-12-21)29-24(32)28-19-7-5-18(25)6-8-19/h5-13H,1-4H3,(H2,28,29,32). The van der Waals surface area contributed by atoms with Crippen LogP contribution in [0.4, 0.5) is 16.2 Å². The van der Waals surface area contributed by atoms with E-state index >= 15 is 0 Å². The molecule has 0 spiro atoms. The van der Waals surface area contributed by atoms with E-state index in [-0.39, 0.29) is 6.03 Å². The van der Waals surface area contributed by atoms with Gasteiger partial charge in [-0.3, -0.25) is 0 Å². The third kappa shape index (κ3) is 5.30. The van der Waals surface area contributed by atoms with Gasteiger partial charge in [-0.05, 0) is 81.8 Å². The van der Waals surface area contributed by atoms with Gasteiger partial charge in [0.15, 0.2) is 5.82 Å². The van der Waals surface area contributed by atoms with E-state index in [1.54, 1.807) is 66.2 Å². The lowest BCUT2D eigenvalue weighted by atomic mass is 10.2. The smallest absolute Gasteiger partial charge is 0.323 e. The molecule has 4 aromatic rings. The maximum Gasteiger partial charge on any atom is 0.323 e. The Hall–Kier alpha value is -3.91. The molecule has 2 aromatic carbocycles. The Kier molecular flexibility index (Phi) is 6.28. The minimum Gasteiger partial charge on any atom is -0.439 e. The first kappa shape index (κ1) is 22.3. The summed E-state index contributed by atoms with van der Waals surface area (Å²) >= 11 is 5.86. The minimum absolute atomic E-state index is 0.359. The first-order valence-corrected chi connectivity index (χ1v) is 10.7. The molecule has 2 heterocycles. The van der Waals surface area contributed by atoms with E-state index in [0.717, 1.165) is 17.0 Å². The second-order valence-corrected chi connectivity index (χ2v) is 7.97. The Morgan fingerprint density at radius 2 is 1.52 bits per heavy atom. The van der Waals surface area contributed by atoms with Gasteiger partial charge < -0.3 is 15.4 Å². The predicted molar refractivity (Wildman–Crippen MR) is 129 cm³/mol. The molecule has 4 rings (SSSR count). The molecule has 2 N–H and O–H groups in total. The first-order chi connectivity index (χ1) is 15.8. The van der Waals surface area contributed by atoms with Gasteiger partial charge in [0, 0.05) is 28.2 Å². The van der Waals surface area contributed by atoms with E-state index in [2.05, 4.69) is 25.7 Å². The van der Waals surface area contributed by atoms with Crippen LogP contribution < -0.4 is 15.4 Å². The summed E-state index contributed by atoms with van der Waals surface area (Å²) in [5.74, 6) is 2.20. The second-order valence-electron chi connectivity index (χ2n) is 7.53. The lowest BCUT2D eigenvalue weighted by molar-refractivity contribution is 0.262. The molecule has 0 bridgehead atoms. The van der Waals surface area contributed by atoms with Gasteiger partial charge in [-0.25, -0.2) is 14.5 Å². The summed E-state index contributed by atoms with van der Waals surface area (Å²) < 4.78 is 7.72. The van der Waals surface area contributed by atoms with Crippen LogP contribution in [0.25, 0.3) is 5.82 Å². The van der Waals surface area contributed by atoms with Crippen molar-refractivity contribution in [1.29, 1.82) is 0 Å². The molecule has 0 radical (unpaired) electrons. The third-order valence-corrected chi connectivity index (χ3v) is 5.36. The molecular formula is C24H23ClN6O2. The van der Waals surface area contributed by atoms with E-state index in [4.69, 9.17) is 16.3 Å². The predicted octanol–water partition coefficient (Wildman–Crippen LogP) is 5.99. The van der Waals surface area contributed by atoms with Gasteiger partial charge in [0.25, 0.3) is 0 Å². The highest BCUT2D eigenvalue weighted by Crippen LogP contribution is 2.24. The lowest BCUT2D eigenvalue weighted by Gasteiger charge is -2.10. The van der Waals surface area contributed by atoms with E-state index in [9.17, 15) is 4.79 Å². The van der Waals surface area contributed by atoms with Gasteiger partial charge in [-0.1, -0.05) is 11.6 Å². The summed E-state index contributed by atoms with van der Waals surface area (Å²) in [5, 5.41) is 10.7. The molecule has 33 heavy (non-hydrogen) atoms. The zero-order valence-electron chi connectivity index (χ0n) is 18.7. The number of benzene rings is 2. The summed E-state index contributed by atoms with van der Waals surface area (Å²) in [4.78, 5) is 21.1. The Morgan fingerprint density at radius 1 is 0.909 bits per heavy atom. The zero-order valence-corrected chi connectivity index (χ0v) is 19.4. The number of hydrogen-bond donors (Lipinski definition) is 2. The number of hydrogen-bond acceptors (Lipinski definition) is 5. The summed E-state index contributed by atoms with van der Waals surface area (Å²) in [6.07, 6.45) is 0. The quantitative estimate of drug-likeness (QED) is 0.380. The van der Waals surface area contributed by atoms with E-state index in [1.807, 2.05) is 20.8 Å². The van der Waals surface area contributed by atoms with Crippen LogP contribution in [0.5, 0.6) is 11.6 Å². The highest BCUT2D eigenvalue weighted by molar-refractivity contribution is 6.30. The van der Waals surface area contributed by atoms with Crippen molar-refractivity contribution < 1.29 is 9.53 Å². The fraction of sp³-hybridized carbons (Fsp3) is 0.167. The number of rotatable bonds is 5. The number of carbonyl (C=O) groups is 1. The molecule has 0 unspecified atom stereocenters. The Morgan fingerprint density at radius 3 is 2.09 bits per heavy atom. The van der Waals surface area contributed by atoms with Crippen molar-refractivity contribution in [2.24, 2.45) is 0 Å². The van der Waals surface area contributed by atoms with Gasteiger partial charge >= 0.3 is 6.03 Å². The molecule has 0 fully saturated rings. The first-order valence-electron chi connectivity index (χ1n) is 10.3. The van der Waals surface area contributed by atoms with Crippen LogP contribution in [-0.4, -0.2) is 25.8 Å². The summed E-state index contributed by atoms with van der Waals surface area (Å²) in [6.45, 7) is 7.81. The molecule has 0 atom stereocenters. The topological polar surface area (TPSA) is 94.0 Å². The number of carbonyl (C=O) groups excluding carboxylic acids is 1. The molecule has 0 aliphatic rings. The van der Waals surface area contributed by atoms with Crippen LogP contribution in [0.3, 0.4) is 0 Å². The average Bonchev–Trinajstić information content (AvgIpc) is 3.04. The monoisotopic (exact) mass is 462 g/mol. The molecule has 0 aliphatic heterocycles. The number of aromatic nitrogens is 4. The van der Waals surface area contributed by atoms with Crippen molar-refractivity contribution >= 4 is 29.0 Å².